The molecule has 8 heteroatoms. The molecule has 0 radical (unpaired) electrons. The fourth-order valence-electron chi connectivity index (χ4n) is 3.80. The molecule has 2 N–H and O–H groups in total. The van der Waals surface area contributed by atoms with Crippen molar-refractivity contribution in [3.8, 4) is 22.5 Å². The van der Waals surface area contributed by atoms with Crippen LogP contribution >= 0.6 is 11.6 Å². The predicted molar refractivity (Wildman–Crippen MR) is 138 cm³/mol. The predicted octanol–water partition coefficient (Wildman–Crippen LogP) is 7.47. The van der Waals surface area contributed by atoms with Gasteiger partial charge in [0.05, 0.1) is 5.92 Å². The minimum Gasteiger partial charge on any atom is -0.481 e. The van der Waals surface area contributed by atoms with Crippen LogP contribution in [0.2, 0.25) is 5.02 Å². The molecular formula is C28H25ClN2O5. The molecule has 0 bridgehead atoms. The van der Waals surface area contributed by atoms with Crippen LogP contribution in [-0.4, -0.2) is 22.3 Å². The third-order valence-corrected chi connectivity index (χ3v) is 6.32. The highest BCUT2D eigenvalue weighted by Crippen LogP contribution is 2.33. The Morgan fingerprint density at radius 3 is 2.14 bits per heavy atom. The standard InChI is InChI=1S/C28H25ClN2O5/c1-16(27(32)33)19-8-10-20(11-9-19)21-12-14-22(15-13-21)26-25(17(2)31-36-26)30-28(34)35-18(3)23-6-4-5-7-24(23)29/h4-16,18H,1-3H3,(H,30,34)(H,32,33)/t16-,18-/m1/s1. The van der Waals surface area contributed by atoms with Gasteiger partial charge in [-0.05, 0) is 43.5 Å². The van der Waals surface area contributed by atoms with E-state index in [9.17, 15) is 14.7 Å². The van der Waals surface area contributed by atoms with E-state index in [1.165, 1.54) is 0 Å². The summed E-state index contributed by atoms with van der Waals surface area (Å²) in [5.41, 5.74) is 5.01. The van der Waals surface area contributed by atoms with Crippen LogP contribution in [-0.2, 0) is 9.53 Å². The summed E-state index contributed by atoms with van der Waals surface area (Å²) in [4.78, 5) is 23.8. The maximum absolute atomic E-state index is 12.6. The monoisotopic (exact) mass is 504 g/mol. The van der Waals surface area contributed by atoms with E-state index in [1.807, 2.05) is 60.7 Å². The number of benzene rings is 3. The SMILES string of the molecule is Cc1noc(-c2ccc(-c3ccc([C@@H](C)C(=O)O)cc3)cc2)c1NC(=O)O[C@H](C)c1ccccc1Cl. The molecule has 0 aliphatic rings. The van der Waals surface area contributed by atoms with Crippen molar-refractivity contribution in [2.75, 3.05) is 5.32 Å². The fraction of sp³-hybridized carbons (Fsp3) is 0.179. The lowest BCUT2D eigenvalue weighted by atomic mass is 9.97. The maximum Gasteiger partial charge on any atom is 0.412 e. The Bertz CT molecular complexity index is 1380. The second-order valence-corrected chi connectivity index (χ2v) is 8.83. The quantitative estimate of drug-likeness (QED) is 0.270. The van der Waals surface area contributed by atoms with Gasteiger partial charge in [-0.1, -0.05) is 83.5 Å². The molecule has 1 aromatic heterocycles. The van der Waals surface area contributed by atoms with E-state index >= 15 is 0 Å². The van der Waals surface area contributed by atoms with Crippen molar-refractivity contribution < 1.29 is 24.0 Å². The average molecular weight is 505 g/mol. The van der Waals surface area contributed by atoms with Crippen LogP contribution < -0.4 is 5.32 Å². The number of aryl methyl sites for hydroxylation is 1. The van der Waals surface area contributed by atoms with Crippen LogP contribution in [0.4, 0.5) is 10.5 Å². The highest BCUT2D eigenvalue weighted by molar-refractivity contribution is 6.31. The van der Waals surface area contributed by atoms with Crippen molar-refractivity contribution in [2.24, 2.45) is 0 Å². The highest BCUT2D eigenvalue weighted by Gasteiger charge is 2.21. The molecular weight excluding hydrogens is 480 g/mol. The number of aliphatic carboxylic acids is 1. The van der Waals surface area contributed by atoms with Gasteiger partial charge in [0, 0.05) is 16.1 Å². The van der Waals surface area contributed by atoms with Crippen molar-refractivity contribution in [3.63, 3.8) is 0 Å². The van der Waals surface area contributed by atoms with Gasteiger partial charge in [0.1, 0.15) is 17.5 Å². The summed E-state index contributed by atoms with van der Waals surface area (Å²) in [6.07, 6.45) is -1.20. The van der Waals surface area contributed by atoms with Crippen LogP contribution in [0.15, 0.2) is 77.3 Å². The minimum atomic E-state index is -0.860. The number of anilines is 1. The number of aromatic nitrogens is 1. The van der Waals surface area contributed by atoms with Gasteiger partial charge < -0.3 is 14.4 Å². The van der Waals surface area contributed by atoms with Crippen LogP contribution in [0, 0.1) is 6.92 Å². The van der Waals surface area contributed by atoms with E-state index in [2.05, 4.69) is 10.5 Å². The van der Waals surface area contributed by atoms with Gasteiger partial charge in [0.15, 0.2) is 5.76 Å². The fourth-order valence-corrected chi connectivity index (χ4v) is 4.08. The second-order valence-electron chi connectivity index (χ2n) is 8.43. The first kappa shape index (κ1) is 25.0. The number of nitrogens with one attached hydrogen (secondary N) is 1. The molecule has 4 rings (SSSR count). The molecule has 0 aliphatic carbocycles. The third-order valence-electron chi connectivity index (χ3n) is 5.98. The first-order valence-corrected chi connectivity index (χ1v) is 11.7. The van der Waals surface area contributed by atoms with Gasteiger partial charge in [-0.2, -0.15) is 0 Å². The van der Waals surface area contributed by atoms with Crippen LogP contribution in [0.5, 0.6) is 0 Å². The molecule has 0 spiro atoms. The Labute approximate surface area is 213 Å². The molecule has 1 heterocycles. The van der Waals surface area contributed by atoms with Crippen molar-refractivity contribution >= 4 is 29.4 Å². The molecule has 0 unspecified atom stereocenters. The first-order chi connectivity index (χ1) is 17.2. The lowest BCUT2D eigenvalue weighted by Crippen LogP contribution is -2.17. The topological polar surface area (TPSA) is 102 Å². The molecule has 36 heavy (non-hydrogen) atoms. The summed E-state index contributed by atoms with van der Waals surface area (Å²) in [7, 11) is 0. The second kappa shape index (κ2) is 10.7. The third kappa shape index (κ3) is 5.42. The van der Waals surface area contributed by atoms with E-state index in [1.54, 1.807) is 32.9 Å². The molecule has 184 valence electrons. The van der Waals surface area contributed by atoms with Gasteiger partial charge in [-0.25, -0.2) is 4.79 Å². The Balaban J connectivity index is 1.49. The summed E-state index contributed by atoms with van der Waals surface area (Å²) in [6.45, 7) is 5.13. The number of carbonyl (C=O) groups is 2. The van der Waals surface area contributed by atoms with Crippen molar-refractivity contribution in [1.82, 2.24) is 5.16 Å². The summed E-state index contributed by atoms with van der Waals surface area (Å²) < 4.78 is 11.0. The lowest BCUT2D eigenvalue weighted by Gasteiger charge is -2.15. The number of carbonyl (C=O) groups excluding carboxylic acids is 1. The van der Waals surface area contributed by atoms with Gasteiger partial charge >= 0.3 is 12.1 Å². The largest absolute Gasteiger partial charge is 0.481 e. The summed E-state index contributed by atoms with van der Waals surface area (Å²) >= 11 is 6.21. The number of hydrogen-bond acceptors (Lipinski definition) is 5. The molecule has 0 saturated carbocycles. The van der Waals surface area contributed by atoms with E-state index in [-0.39, 0.29) is 0 Å². The van der Waals surface area contributed by atoms with Crippen LogP contribution in [0.1, 0.15) is 42.7 Å². The molecule has 0 aliphatic heterocycles. The Kier molecular flexibility index (Phi) is 7.41. The smallest absolute Gasteiger partial charge is 0.412 e. The maximum atomic E-state index is 12.6. The van der Waals surface area contributed by atoms with Crippen molar-refractivity contribution in [1.29, 1.82) is 0 Å². The summed E-state index contributed by atoms with van der Waals surface area (Å²) in [5, 5.41) is 16.5. The number of rotatable bonds is 7. The number of ether oxygens (including phenoxy) is 1. The summed E-state index contributed by atoms with van der Waals surface area (Å²) in [5.74, 6) is -1.02. The Morgan fingerprint density at radius 1 is 0.944 bits per heavy atom. The molecule has 0 fully saturated rings. The normalized spacial score (nSPS) is 12.6. The number of amides is 1. The van der Waals surface area contributed by atoms with E-state index < -0.39 is 24.1 Å². The van der Waals surface area contributed by atoms with Gasteiger partial charge in [-0.3, -0.25) is 10.1 Å². The Hall–Kier alpha value is -4.10. The average Bonchev–Trinajstić information content (AvgIpc) is 3.23. The number of carboxylic acids is 1. The molecule has 1 amide bonds. The molecule has 3 aromatic carbocycles. The van der Waals surface area contributed by atoms with Crippen molar-refractivity contribution in [2.45, 2.75) is 32.8 Å². The molecule has 7 nitrogen and oxygen atoms in total. The summed E-state index contributed by atoms with van der Waals surface area (Å²) in [6, 6.07) is 22.2. The Morgan fingerprint density at radius 2 is 1.53 bits per heavy atom. The van der Waals surface area contributed by atoms with Crippen LogP contribution in [0.25, 0.3) is 22.5 Å². The highest BCUT2D eigenvalue weighted by atomic mass is 35.5. The number of halogens is 1. The van der Waals surface area contributed by atoms with E-state index in [0.717, 1.165) is 22.3 Å². The molecule has 4 aromatic rings. The lowest BCUT2D eigenvalue weighted by molar-refractivity contribution is -0.138. The van der Waals surface area contributed by atoms with E-state index in [0.29, 0.717) is 27.7 Å². The zero-order chi connectivity index (χ0) is 25.8. The molecule has 2 atom stereocenters. The van der Waals surface area contributed by atoms with Gasteiger partial charge in [0.2, 0.25) is 0 Å². The van der Waals surface area contributed by atoms with Crippen molar-refractivity contribution in [3.05, 3.63) is 94.6 Å². The first-order valence-electron chi connectivity index (χ1n) is 11.4. The number of hydrogen-bond donors (Lipinski definition) is 2. The number of nitrogens with zero attached hydrogens (tertiary/aromatic N) is 1. The number of carboxylic acid groups (broad SMARTS) is 1. The zero-order valence-electron chi connectivity index (χ0n) is 20.0. The van der Waals surface area contributed by atoms with Gasteiger partial charge in [-0.15, -0.1) is 0 Å². The molecule has 0 saturated heterocycles. The van der Waals surface area contributed by atoms with E-state index in [4.69, 9.17) is 20.9 Å². The van der Waals surface area contributed by atoms with Gasteiger partial charge in [0.25, 0.3) is 0 Å². The van der Waals surface area contributed by atoms with Crippen LogP contribution in [0.3, 0.4) is 0 Å². The zero-order valence-corrected chi connectivity index (χ0v) is 20.7. The minimum absolute atomic E-state index is 0.409.